The first kappa shape index (κ1) is 7.64. The van der Waals surface area contributed by atoms with Gasteiger partial charge in [0.1, 0.15) is 0 Å². The molecule has 0 atom stereocenters. The lowest BCUT2D eigenvalue weighted by molar-refractivity contribution is 0.388. The van der Waals surface area contributed by atoms with Crippen molar-refractivity contribution in [3.63, 3.8) is 0 Å². The average Bonchev–Trinajstić information content (AvgIpc) is 2.05. The van der Waals surface area contributed by atoms with Gasteiger partial charge < -0.3 is 0 Å². The van der Waals surface area contributed by atoms with Gasteiger partial charge in [0.15, 0.2) is 0 Å². The molecule has 1 aromatic rings. The lowest BCUT2D eigenvalue weighted by Crippen LogP contribution is -1.93. The Balaban J connectivity index is 3.23. The minimum atomic E-state index is 0.653. The Bertz CT molecular complexity index is 299. The Labute approximate surface area is 65.8 Å². The maximum absolute atomic E-state index is 8.62. The lowest BCUT2D eigenvalue weighted by atomic mass is 10.1. The minimum absolute atomic E-state index is 0.653. The normalized spacial score (nSPS) is 8.82. The number of rotatable bonds is 1. The molecule has 0 aliphatic carbocycles. The van der Waals surface area contributed by atoms with Gasteiger partial charge in [-0.2, -0.15) is 0 Å². The highest BCUT2D eigenvalue weighted by molar-refractivity contribution is 5.56. The smallest absolute Gasteiger partial charge is 0.0643 e. The van der Waals surface area contributed by atoms with E-state index in [2.05, 4.69) is 11.4 Å². The van der Waals surface area contributed by atoms with Gasteiger partial charge in [0.2, 0.25) is 0 Å². The van der Waals surface area contributed by atoms with E-state index in [1.807, 2.05) is 13.0 Å². The maximum Gasteiger partial charge on any atom is 0.0643 e. The Morgan fingerprint density at radius 2 is 2.27 bits per heavy atom. The summed E-state index contributed by atoms with van der Waals surface area (Å²) in [5, 5.41) is 8.62. The highest BCUT2D eigenvalue weighted by Gasteiger charge is 1.98. The Morgan fingerprint density at radius 1 is 1.55 bits per heavy atom. The second-order valence-corrected chi connectivity index (χ2v) is 2.23. The molecule has 2 heteroatoms. The van der Waals surface area contributed by atoms with Crippen molar-refractivity contribution in [2.24, 2.45) is 0 Å². The third-order valence-electron chi connectivity index (χ3n) is 1.61. The van der Waals surface area contributed by atoms with Crippen LogP contribution in [0.15, 0.2) is 18.2 Å². The Kier molecular flexibility index (Phi) is 2.15. The van der Waals surface area contributed by atoms with E-state index in [1.165, 1.54) is 0 Å². The zero-order valence-corrected chi connectivity index (χ0v) is 6.26. The first-order chi connectivity index (χ1) is 5.29. The topological polar surface area (TPSA) is 32.3 Å². The van der Waals surface area contributed by atoms with Crippen LogP contribution in [-0.2, 0) is 0 Å². The SMILES string of the molecule is C#Cc1cccc(NO)c1C. The number of nitrogens with one attached hydrogen (secondary N) is 1. The van der Waals surface area contributed by atoms with E-state index < -0.39 is 0 Å². The molecule has 0 heterocycles. The van der Waals surface area contributed by atoms with Crippen molar-refractivity contribution in [1.29, 1.82) is 0 Å². The molecule has 0 spiro atoms. The first-order valence-corrected chi connectivity index (χ1v) is 3.26. The van der Waals surface area contributed by atoms with Crippen molar-refractivity contribution in [2.75, 3.05) is 5.48 Å². The summed E-state index contributed by atoms with van der Waals surface area (Å²) in [6, 6.07) is 5.38. The quantitative estimate of drug-likeness (QED) is 0.468. The van der Waals surface area contributed by atoms with E-state index in [1.54, 1.807) is 12.1 Å². The molecule has 11 heavy (non-hydrogen) atoms. The molecule has 0 aliphatic rings. The number of terminal acetylenes is 1. The van der Waals surface area contributed by atoms with Gasteiger partial charge in [-0.15, -0.1) is 6.42 Å². The van der Waals surface area contributed by atoms with Crippen molar-refractivity contribution < 1.29 is 5.21 Å². The number of anilines is 1. The van der Waals surface area contributed by atoms with Crippen molar-refractivity contribution in [3.05, 3.63) is 29.3 Å². The summed E-state index contributed by atoms with van der Waals surface area (Å²) in [5.74, 6) is 2.52. The fourth-order valence-corrected chi connectivity index (χ4v) is 0.913. The summed E-state index contributed by atoms with van der Waals surface area (Å²) in [7, 11) is 0. The van der Waals surface area contributed by atoms with Gasteiger partial charge >= 0.3 is 0 Å². The third kappa shape index (κ3) is 1.34. The first-order valence-electron chi connectivity index (χ1n) is 3.26. The summed E-state index contributed by atoms with van der Waals surface area (Å²) in [6.07, 6.45) is 5.21. The van der Waals surface area contributed by atoms with Gasteiger partial charge in [0.25, 0.3) is 0 Å². The molecule has 0 fully saturated rings. The summed E-state index contributed by atoms with van der Waals surface area (Å²) >= 11 is 0. The molecule has 2 nitrogen and oxygen atoms in total. The van der Waals surface area contributed by atoms with Crippen LogP contribution in [0.4, 0.5) is 5.69 Å². The van der Waals surface area contributed by atoms with Gasteiger partial charge in [-0.3, -0.25) is 10.7 Å². The van der Waals surface area contributed by atoms with Crippen molar-refractivity contribution in [1.82, 2.24) is 0 Å². The second kappa shape index (κ2) is 3.09. The molecule has 1 aromatic carbocycles. The number of hydrogen-bond acceptors (Lipinski definition) is 2. The van der Waals surface area contributed by atoms with E-state index in [0.717, 1.165) is 11.1 Å². The van der Waals surface area contributed by atoms with Crippen molar-refractivity contribution in [3.8, 4) is 12.3 Å². The molecule has 0 bridgehead atoms. The fraction of sp³-hybridized carbons (Fsp3) is 0.111. The maximum atomic E-state index is 8.62. The van der Waals surface area contributed by atoms with Crippen LogP contribution in [0.5, 0.6) is 0 Å². The Morgan fingerprint density at radius 3 is 2.82 bits per heavy atom. The molecular formula is C9H9NO. The Hall–Kier alpha value is -1.46. The third-order valence-corrected chi connectivity index (χ3v) is 1.61. The molecule has 0 radical (unpaired) electrons. The molecular weight excluding hydrogens is 138 g/mol. The predicted molar refractivity (Wildman–Crippen MR) is 44.5 cm³/mol. The summed E-state index contributed by atoms with van der Waals surface area (Å²) in [6.45, 7) is 1.85. The van der Waals surface area contributed by atoms with Gasteiger partial charge in [-0.25, -0.2) is 0 Å². The van der Waals surface area contributed by atoms with E-state index in [-0.39, 0.29) is 0 Å². The summed E-state index contributed by atoms with van der Waals surface area (Å²) in [4.78, 5) is 0. The highest BCUT2D eigenvalue weighted by atomic mass is 16.5. The summed E-state index contributed by atoms with van der Waals surface area (Å²) < 4.78 is 0. The monoisotopic (exact) mass is 147 g/mol. The summed E-state index contributed by atoms with van der Waals surface area (Å²) in [5.41, 5.74) is 4.41. The van der Waals surface area contributed by atoms with Crippen LogP contribution >= 0.6 is 0 Å². The molecule has 56 valence electrons. The molecule has 0 saturated carbocycles. The molecule has 0 aromatic heterocycles. The highest BCUT2D eigenvalue weighted by Crippen LogP contribution is 2.16. The molecule has 1 rings (SSSR count). The standard InChI is InChI=1S/C9H9NO/c1-3-8-5-4-6-9(10-11)7(8)2/h1,4-6,10-11H,2H3. The fourth-order valence-electron chi connectivity index (χ4n) is 0.913. The predicted octanol–water partition coefficient (Wildman–Crippen LogP) is 1.78. The molecule has 0 aliphatic heterocycles. The van der Waals surface area contributed by atoms with Crippen molar-refractivity contribution >= 4 is 5.69 Å². The minimum Gasteiger partial charge on any atom is -0.291 e. The zero-order chi connectivity index (χ0) is 8.27. The van der Waals surface area contributed by atoms with E-state index in [9.17, 15) is 0 Å². The van der Waals surface area contributed by atoms with Crippen LogP contribution in [0.1, 0.15) is 11.1 Å². The largest absolute Gasteiger partial charge is 0.291 e. The van der Waals surface area contributed by atoms with Crippen LogP contribution in [0, 0.1) is 19.3 Å². The van der Waals surface area contributed by atoms with Crippen LogP contribution in [0.2, 0.25) is 0 Å². The number of hydrogen-bond donors (Lipinski definition) is 2. The molecule has 0 amide bonds. The molecule has 2 N–H and O–H groups in total. The average molecular weight is 147 g/mol. The van der Waals surface area contributed by atoms with E-state index in [4.69, 9.17) is 11.6 Å². The van der Waals surface area contributed by atoms with Gasteiger partial charge in [-0.1, -0.05) is 12.0 Å². The van der Waals surface area contributed by atoms with Gasteiger partial charge in [-0.05, 0) is 24.6 Å². The van der Waals surface area contributed by atoms with E-state index >= 15 is 0 Å². The van der Waals surface area contributed by atoms with E-state index in [0.29, 0.717) is 5.69 Å². The molecule has 0 unspecified atom stereocenters. The van der Waals surface area contributed by atoms with Crippen molar-refractivity contribution in [2.45, 2.75) is 6.92 Å². The van der Waals surface area contributed by atoms with Gasteiger partial charge in [0.05, 0.1) is 5.69 Å². The molecule has 0 saturated heterocycles. The second-order valence-electron chi connectivity index (χ2n) is 2.23. The van der Waals surface area contributed by atoms with Crippen LogP contribution < -0.4 is 5.48 Å². The lowest BCUT2D eigenvalue weighted by Gasteiger charge is -2.04. The van der Waals surface area contributed by atoms with Crippen LogP contribution in [0.25, 0.3) is 0 Å². The van der Waals surface area contributed by atoms with Gasteiger partial charge in [0, 0.05) is 5.56 Å². The number of benzene rings is 1. The zero-order valence-electron chi connectivity index (χ0n) is 6.26. The van der Waals surface area contributed by atoms with Crippen LogP contribution in [-0.4, -0.2) is 5.21 Å². The van der Waals surface area contributed by atoms with Crippen LogP contribution in [0.3, 0.4) is 0 Å².